The second-order valence-corrected chi connectivity index (χ2v) is 4.74. The van der Waals surface area contributed by atoms with E-state index in [0.29, 0.717) is 21.9 Å². The average molecular weight is 320 g/mol. The second kappa shape index (κ2) is 4.99. The van der Waals surface area contributed by atoms with Gasteiger partial charge in [-0.3, -0.25) is 4.40 Å². The Morgan fingerprint density at radius 3 is 2.79 bits per heavy atom. The summed E-state index contributed by atoms with van der Waals surface area (Å²) < 4.78 is 8.22. The molecule has 1 N–H and O–H groups in total. The zero-order valence-electron chi connectivity index (χ0n) is 9.82. The summed E-state index contributed by atoms with van der Waals surface area (Å²) in [5.74, 6) is 1.07. The summed E-state index contributed by atoms with van der Waals surface area (Å²) in [4.78, 5) is 8.48. The predicted molar refractivity (Wildman–Crippen MR) is 73.1 cm³/mol. The maximum absolute atomic E-state index is 9.00. The molecule has 6 heteroatoms. The van der Waals surface area contributed by atoms with E-state index in [-0.39, 0.29) is 6.61 Å². The van der Waals surface area contributed by atoms with Crippen LogP contribution in [0.4, 0.5) is 0 Å². The molecule has 0 aliphatic carbocycles. The molecular weight excluding hydrogens is 310 g/mol. The lowest BCUT2D eigenvalue weighted by atomic mass is 10.2. The Kier molecular flexibility index (Phi) is 3.18. The topological polar surface area (TPSA) is 59.7 Å². The number of ether oxygens (including phenoxy) is 1. The van der Waals surface area contributed by atoms with Crippen LogP contribution < -0.4 is 4.74 Å². The van der Waals surface area contributed by atoms with Gasteiger partial charge in [0.25, 0.3) is 5.88 Å². The minimum absolute atomic E-state index is 0.0138. The molecule has 2 heterocycles. The van der Waals surface area contributed by atoms with Crippen LogP contribution in [-0.4, -0.2) is 19.5 Å². The normalized spacial score (nSPS) is 10.8. The van der Waals surface area contributed by atoms with Crippen LogP contribution in [-0.2, 0) is 6.61 Å². The van der Waals surface area contributed by atoms with Crippen molar-refractivity contribution >= 4 is 21.6 Å². The quantitative estimate of drug-likeness (QED) is 0.806. The van der Waals surface area contributed by atoms with Crippen molar-refractivity contribution < 1.29 is 9.84 Å². The van der Waals surface area contributed by atoms with Gasteiger partial charge in [-0.1, -0.05) is 12.1 Å². The smallest absolute Gasteiger partial charge is 0.264 e. The summed E-state index contributed by atoms with van der Waals surface area (Å²) in [5, 5.41) is 9.00. The molecule has 1 aromatic carbocycles. The van der Waals surface area contributed by atoms with Crippen molar-refractivity contribution in [3.8, 4) is 11.6 Å². The molecule has 3 rings (SSSR count). The number of rotatable bonds is 3. The molecule has 0 saturated heterocycles. The van der Waals surface area contributed by atoms with Gasteiger partial charge in [0.15, 0.2) is 0 Å². The molecule has 0 bridgehead atoms. The summed E-state index contributed by atoms with van der Waals surface area (Å²) in [6.07, 6.45) is 5.32. The number of hydrogen-bond acceptors (Lipinski definition) is 4. The first-order chi connectivity index (χ1) is 9.26. The molecule has 0 atom stereocenters. The van der Waals surface area contributed by atoms with Crippen molar-refractivity contribution in [1.29, 1.82) is 0 Å². The van der Waals surface area contributed by atoms with Crippen LogP contribution in [0, 0.1) is 0 Å². The van der Waals surface area contributed by atoms with Crippen LogP contribution in [0.1, 0.15) is 5.56 Å². The number of fused-ring (bicyclic) bond motifs is 1. The fourth-order valence-electron chi connectivity index (χ4n) is 1.72. The van der Waals surface area contributed by atoms with E-state index < -0.39 is 0 Å². The van der Waals surface area contributed by atoms with Crippen LogP contribution >= 0.6 is 15.9 Å². The van der Waals surface area contributed by atoms with Gasteiger partial charge in [-0.05, 0) is 33.6 Å². The highest BCUT2D eigenvalue weighted by atomic mass is 79.9. The summed E-state index contributed by atoms with van der Waals surface area (Å²) in [5.41, 5.74) is 1.48. The highest BCUT2D eigenvalue weighted by Gasteiger charge is 2.08. The van der Waals surface area contributed by atoms with Gasteiger partial charge < -0.3 is 9.84 Å². The largest absolute Gasteiger partial charge is 0.436 e. The van der Waals surface area contributed by atoms with Crippen LogP contribution in [0.3, 0.4) is 0 Å². The minimum Gasteiger partial charge on any atom is -0.436 e. The third-order valence-electron chi connectivity index (χ3n) is 2.63. The Balaban J connectivity index is 1.97. The molecule has 3 aromatic rings. The maximum Gasteiger partial charge on any atom is 0.264 e. The van der Waals surface area contributed by atoms with E-state index in [4.69, 9.17) is 9.84 Å². The molecule has 0 aliphatic rings. The van der Waals surface area contributed by atoms with Gasteiger partial charge in [0.2, 0.25) is 5.65 Å². The number of aliphatic hydroxyl groups is 1. The molecule has 19 heavy (non-hydrogen) atoms. The van der Waals surface area contributed by atoms with Crippen molar-refractivity contribution in [3.63, 3.8) is 0 Å². The van der Waals surface area contributed by atoms with E-state index in [2.05, 4.69) is 25.9 Å². The Morgan fingerprint density at radius 2 is 2.05 bits per heavy atom. The lowest BCUT2D eigenvalue weighted by Gasteiger charge is -2.07. The summed E-state index contributed by atoms with van der Waals surface area (Å²) >= 11 is 3.33. The van der Waals surface area contributed by atoms with Gasteiger partial charge in [-0.25, -0.2) is 9.97 Å². The molecule has 2 aromatic heterocycles. The van der Waals surface area contributed by atoms with Crippen LogP contribution in [0.15, 0.2) is 47.5 Å². The van der Waals surface area contributed by atoms with Gasteiger partial charge in [-0.15, -0.1) is 0 Å². The van der Waals surface area contributed by atoms with E-state index in [1.165, 1.54) is 0 Å². The summed E-state index contributed by atoms with van der Waals surface area (Å²) in [6, 6.07) is 7.17. The van der Waals surface area contributed by atoms with Crippen LogP contribution in [0.25, 0.3) is 5.65 Å². The zero-order valence-corrected chi connectivity index (χ0v) is 11.4. The third-order valence-corrected chi connectivity index (χ3v) is 3.02. The summed E-state index contributed by atoms with van der Waals surface area (Å²) in [6.45, 7) is 0.0138. The number of halogens is 1. The van der Waals surface area contributed by atoms with E-state index in [1.807, 2.05) is 16.8 Å². The highest BCUT2D eigenvalue weighted by Crippen LogP contribution is 2.25. The Hall–Kier alpha value is -1.92. The first-order valence-corrected chi connectivity index (χ1v) is 6.42. The van der Waals surface area contributed by atoms with Gasteiger partial charge in [0.05, 0.1) is 6.61 Å². The third kappa shape index (κ3) is 2.45. The predicted octanol–water partition coefficient (Wildman–Crippen LogP) is 2.78. The lowest BCUT2D eigenvalue weighted by molar-refractivity contribution is 0.281. The number of nitrogens with zero attached hydrogens (tertiary/aromatic N) is 3. The van der Waals surface area contributed by atoms with Crippen molar-refractivity contribution in [1.82, 2.24) is 14.4 Å². The Labute approximate surface area is 117 Å². The zero-order chi connectivity index (χ0) is 13.2. The Morgan fingerprint density at radius 1 is 1.26 bits per heavy atom. The fourth-order valence-corrected chi connectivity index (χ4v) is 2.10. The molecule has 0 saturated carbocycles. The fraction of sp³-hybridized carbons (Fsp3) is 0.0769. The molecule has 0 unspecified atom stereocenters. The Bertz CT molecular complexity index is 709. The van der Waals surface area contributed by atoms with Crippen molar-refractivity contribution in [2.45, 2.75) is 6.61 Å². The van der Waals surface area contributed by atoms with Crippen molar-refractivity contribution in [2.75, 3.05) is 0 Å². The number of aliphatic hydroxyl groups excluding tert-OH is 1. The number of hydrogen-bond donors (Lipinski definition) is 1. The number of aromatic nitrogens is 3. The molecule has 96 valence electrons. The van der Waals surface area contributed by atoms with Gasteiger partial charge in [0.1, 0.15) is 10.4 Å². The van der Waals surface area contributed by atoms with E-state index in [1.54, 1.807) is 30.5 Å². The molecule has 5 nitrogen and oxygen atoms in total. The SMILES string of the molecule is OCc1ccc(Oc2nc(Br)cn3ccnc23)cc1. The van der Waals surface area contributed by atoms with Gasteiger partial charge >= 0.3 is 0 Å². The highest BCUT2D eigenvalue weighted by molar-refractivity contribution is 9.10. The maximum atomic E-state index is 9.00. The molecule has 0 fully saturated rings. The van der Waals surface area contributed by atoms with Gasteiger partial charge in [-0.2, -0.15) is 0 Å². The first kappa shape index (κ1) is 12.1. The molecule has 0 aliphatic heterocycles. The number of benzene rings is 1. The van der Waals surface area contributed by atoms with E-state index in [0.717, 1.165) is 5.56 Å². The lowest BCUT2D eigenvalue weighted by Crippen LogP contribution is -1.95. The summed E-state index contributed by atoms with van der Waals surface area (Å²) in [7, 11) is 0. The average Bonchev–Trinajstić information content (AvgIpc) is 2.88. The molecule has 0 radical (unpaired) electrons. The number of imidazole rings is 1. The molecule has 0 amide bonds. The molecular formula is C13H10BrN3O2. The second-order valence-electron chi connectivity index (χ2n) is 3.93. The van der Waals surface area contributed by atoms with Crippen LogP contribution in [0.2, 0.25) is 0 Å². The van der Waals surface area contributed by atoms with Crippen LogP contribution in [0.5, 0.6) is 11.6 Å². The van der Waals surface area contributed by atoms with Crippen molar-refractivity contribution in [3.05, 3.63) is 53.0 Å². The van der Waals surface area contributed by atoms with Gasteiger partial charge in [0, 0.05) is 18.6 Å². The van der Waals surface area contributed by atoms with E-state index in [9.17, 15) is 0 Å². The standard InChI is InChI=1S/C13H10BrN3O2/c14-11-7-17-6-5-15-12(17)13(16-11)19-10-3-1-9(8-18)2-4-10/h1-7,18H,8H2. The van der Waals surface area contributed by atoms with Crippen molar-refractivity contribution in [2.24, 2.45) is 0 Å². The monoisotopic (exact) mass is 319 g/mol. The minimum atomic E-state index is 0.0138. The molecule has 0 spiro atoms. The first-order valence-electron chi connectivity index (χ1n) is 5.63. The van der Waals surface area contributed by atoms with E-state index >= 15 is 0 Å².